The molecular weight excluding hydrogens is 524 g/mol. The molecule has 11 heteroatoms. The molecule has 3 aromatic rings. The standard InChI is InChI=1S/C27H23ClF4N4O2/c28-18-5-2-6-19(15-18)34-10-12-35(13-11-34)26-33-25-21(8-3-9-22(25)29)23(16-24(37)38)36(26)20-7-1-4-17(14-20)27(30,31)32/h1-9,14-15,23H,10-13,16H2,(H,37,38)/p-1. The molecule has 0 bridgehead atoms. The number of hydrogen-bond acceptors (Lipinski definition) is 6. The third-order valence-corrected chi connectivity index (χ3v) is 6.90. The van der Waals surface area contributed by atoms with Gasteiger partial charge in [0.25, 0.3) is 0 Å². The Morgan fingerprint density at radius 3 is 2.29 bits per heavy atom. The highest BCUT2D eigenvalue weighted by molar-refractivity contribution is 6.30. The second-order valence-electron chi connectivity index (χ2n) is 9.05. The Kier molecular flexibility index (Phi) is 6.92. The molecule has 0 saturated carbocycles. The zero-order valence-electron chi connectivity index (χ0n) is 20.0. The van der Waals surface area contributed by atoms with E-state index in [0.29, 0.717) is 31.2 Å². The van der Waals surface area contributed by atoms with Crippen molar-refractivity contribution in [3.63, 3.8) is 0 Å². The Bertz CT molecular complexity index is 1390. The Labute approximate surface area is 221 Å². The molecular formula is C27H22ClF4N4O2-. The van der Waals surface area contributed by atoms with Crippen LogP contribution in [0.5, 0.6) is 0 Å². The molecule has 0 amide bonds. The van der Waals surface area contributed by atoms with Gasteiger partial charge in [-0.15, -0.1) is 0 Å². The van der Waals surface area contributed by atoms with Crippen molar-refractivity contribution in [1.82, 2.24) is 4.90 Å². The summed E-state index contributed by atoms with van der Waals surface area (Å²) < 4.78 is 55.7. The minimum atomic E-state index is -4.61. The summed E-state index contributed by atoms with van der Waals surface area (Å²) in [5.74, 6) is -1.89. The van der Waals surface area contributed by atoms with Gasteiger partial charge in [-0.3, -0.25) is 0 Å². The minimum Gasteiger partial charge on any atom is -0.550 e. The summed E-state index contributed by atoms with van der Waals surface area (Å²) in [5, 5.41) is 12.4. The lowest BCUT2D eigenvalue weighted by Crippen LogP contribution is -2.55. The van der Waals surface area contributed by atoms with Crippen LogP contribution in [-0.4, -0.2) is 43.0 Å². The van der Waals surface area contributed by atoms with E-state index in [-0.39, 0.29) is 22.9 Å². The van der Waals surface area contributed by atoms with Crippen molar-refractivity contribution in [2.24, 2.45) is 4.99 Å². The van der Waals surface area contributed by atoms with E-state index in [1.54, 1.807) is 6.07 Å². The predicted octanol–water partition coefficient (Wildman–Crippen LogP) is 5.01. The van der Waals surface area contributed by atoms with E-state index in [1.165, 1.54) is 35.2 Å². The fourth-order valence-electron chi connectivity index (χ4n) is 4.90. The fourth-order valence-corrected chi connectivity index (χ4v) is 5.08. The van der Waals surface area contributed by atoms with Crippen molar-refractivity contribution in [2.45, 2.75) is 18.6 Å². The lowest BCUT2D eigenvalue weighted by atomic mass is 9.97. The average molecular weight is 546 g/mol. The van der Waals surface area contributed by atoms with Crippen LogP contribution in [-0.2, 0) is 11.0 Å². The van der Waals surface area contributed by atoms with Crippen molar-refractivity contribution < 1.29 is 27.5 Å². The first-order chi connectivity index (χ1) is 18.1. The van der Waals surface area contributed by atoms with Gasteiger partial charge in [0.2, 0.25) is 5.96 Å². The maximum absolute atomic E-state index is 14.9. The highest BCUT2D eigenvalue weighted by Gasteiger charge is 2.38. The quantitative estimate of drug-likeness (QED) is 0.431. The topological polar surface area (TPSA) is 62.2 Å². The molecule has 0 aliphatic carbocycles. The predicted molar refractivity (Wildman–Crippen MR) is 135 cm³/mol. The third-order valence-electron chi connectivity index (χ3n) is 6.66. The van der Waals surface area contributed by atoms with Crippen LogP contribution < -0.4 is 14.9 Å². The first kappa shape index (κ1) is 25.8. The van der Waals surface area contributed by atoms with Gasteiger partial charge in [0.05, 0.1) is 11.6 Å². The van der Waals surface area contributed by atoms with E-state index in [0.717, 1.165) is 17.8 Å². The number of rotatable bonds is 4. The molecule has 1 saturated heterocycles. The number of guanidine groups is 1. The number of halogens is 5. The first-order valence-electron chi connectivity index (χ1n) is 11.9. The Morgan fingerprint density at radius 1 is 0.947 bits per heavy atom. The third kappa shape index (κ3) is 5.13. The number of carbonyl (C=O) groups excluding carboxylic acids is 1. The molecule has 1 atom stereocenters. The molecule has 2 heterocycles. The zero-order chi connectivity index (χ0) is 27.0. The highest BCUT2D eigenvalue weighted by atomic mass is 35.5. The van der Waals surface area contributed by atoms with Crippen molar-refractivity contribution in [1.29, 1.82) is 0 Å². The number of piperazine rings is 1. The van der Waals surface area contributed by atoms with Gasteiger partial charge in [-0.2, -0.15) is 13.2 Å². The molecule has 0 aromatic heterocycles. The molecule has 3 aromatic carbocycles. The van der Waals surface area contributed by atoms with Crippen molar-refractivity contribution in [3.8, 4) is 0 Å². The van der Waals surface area contributed by atoms with E-state index in [2.05, 4.69) is 9.89 Å². The molecule has 0 spiro atoms. The molecule has 198 valence electrons. The monoisotopic (exact) mass is 545 g/mol. The van der Waals surface area contributed by atoms with Crippen molar-refractivity contribution in [2.75, 3.05) is 36.0 Å². The van der Waals surface area contributed by atoms with Crippen LogP contribution in [0.2, 0.25) is 5.02 Å². The average Bonchev–Trinajstić information content (AvgIpc) is 2.88. The van der Waals surface area contributed by atoms with Gasteiger partial charge in [0, 0.05) is 60.5 Å². The molecule has 2 aliphatic heterocycles. The van der Waals surface area contributed by atoms with Crippen LogP contribution in [0.4, 0.5) is 34.6 Å². The van der Waals surface area contributed by atoms with Crippen LogP contribution in [0.1, 0.15) is 23.6 Å². The number of nitrogens with zero attached hydrogens (tertiary/aromatic N) is 4. The van der Waals surface area contributed by atoms with E-state index in [9.17, 15) is 27.5 Å². The molecule has 0 radical (unpaired) electrons. The SMILES string of the molecule is O=C([O-])CC1c2cccc(F)c2N=C(N2CCN(c3cccc(Cl)c3)CC2)N1c1cccc(C(F)(F)F)c1. The number of aliphatic carboxylic acids is 1. The van der Waals surface area contributed by atoms with Gasteiger partial charge in [-0.1, -0.05) is 35.9 Å². The summed E-state index contributed by atoms with van der Waals surface area (Å²) in [6.45, 7) is 1.88. The van der Waals surface area contributed by atoms with Crippen LogP contribution in [0, 0.1) is 5.82 Å². The van der Waals surface area contributed by atoms with Crippen molar-refractivity contribution >= 4 is 40.6 Å². The number of para-hydroxylation sites is 1. The minimum absolute atomic E-state index is 0.0331. The van der Waals surface area contributed by atoms with Crippen LogP contribution >= 0.6 is 11.6 Å². The van der Waals surface area contributed by atoms with Gasteiger partial charge in [-0.05, 0) is 42.5 Å². The molecule has 38 heavy (non-hydrogen) atoms. The van der Waals surface area contributed by atoms with Gasteiger partial charge >= 0.3 is 6.18 Å². The van der Waals surface area contributed by atoms with E-state index >= 15 is 0 Å². The molecule has 2 aliphatic rings. The molecule has 1 unspecified atom stereocenters. The van der Waals surface area contributed by atoms with E-state index in [4.69, 9.17) is 11.6 Å². The summed E-state index contributed by atoms with van der Waals surface area (Å²) >= 11 is 6.13. The number of alkyl halides is 3. The second-order valence-corrected chi connectivity index (χ2v) is 9.49. The molecule has 1 fully saturated rings. The fraction of sp³-hybridized carbons (Fsp3) is 0.259. The number of carboxylic acids is 1. The maximum atomic E-state index is 14.9. The number of carbonyl (C=O) groups is 1. The normalized spacial score (nSPS) is 17.8. The molecule has 6 nitrogen and oxygen atoms in total. The van der Waals surface area contributed by atoms with Crippen LogP contribution in [0.15, 0.2) is 71.7 Å². The summed E-state index contributed by atoms with van der Waals surface area (Å²) in [4.78, 5) is 21.7. The lowest BCUT2D eigenvalue weighted by molar-refractivity contribution is -0.306. The molecule has 5 rings (SSSR count). The van der Waals surface area contributed by atoms with Crippen molar-refractivity contribution in [3.05, 3.63) is 88.7 Å². The van der Waals surface area contributed by atoms with Crippen LogP contribution in [0.3, 0.4) is 0 Å². The Hall–Kier alpha value is -3.79. The van der Waals surface area contributed by atoms with E-state index in [1.807, 2.05) is 23.1 Å². The zero-order valence-corrected chi connectivity index (χ0v) is 20.7. The lowest BCUT2D eigenvalue weighted by Gasteiger charge is -2.45. The van der Waals surface area contributed by atoms with Gasteiger partial charge < -0.3 is 24.6 Å². The van der Waals surface area contributed by atoms with Gasteiger partial charge in [0.15, 0.2) is 0 Å². The number of aliphatic imine (C=N–C) groups is 1. The number of fused-ring (bicyclic) bond motifs is 1. The number of hydrogen-bond donors (Lipinski definition) is 0. The van der Waals surface area contributed by atoms with Crippen LogP contribution in [0.25, 0.3) is 0 Å². The number of carboxylic acid groups (broad SMARTS) is 1. The number of anilines is 2. The Balaban J connectivity index is 1.57. The van der Waals surface area contributed by atoms with E-state index < -0.39 is 36.0 Å². The van der Waals surface area contributed by atoms with Gasteiger partial charge in [-0.25, -0.2) is 9.38 Å². The Morgan fingerprint density at radius 2 is 1.61 bits per heavy atom. The maximum Gasteiger partial charge on any atom is 0.416 e. The summed E-state index contributed by atoms with van der Waals surface area (Å²) in [6.07, 6.45) is -5.19. The van der Waals surface area contributed by atoms with Gasteiger partial charge in [0.1, 0.15) is 11.5 Å². The number of benzene rings is 3. The highest BCUT2D eigenvalue weighted by Crippen LogP contribution is 2.43. The summed E-state index contributed by atoms with van der Waals surface area (Å²) in [7, 11) is 0. The second kappa shape index (κ2) is 10.2. The summed E-state index contributed by atoms with van der Waals surface area (Å²) in [5.41, 5.74) is 0.347. The largest absolute Gasteiger partial charge is 0.550 e. The molecule has 0 N–H and O–H groups in total. The first-order valence-corrected chi connectivity index (χ1v) is 12.3. The summed E-state index contributed by atoms with van der Waals surface area (Å²) in [6, 6.07) is 15.1. The smallest absolute Gasteiger partial charge is 0.416 e.